The topological polar surface area (TPSA) is 9.86 Å². The molecule has 5 heteroatoms. The SMILES string of the molecule is CCCCCCCC/C=C\CCCCCCC[CH-]n1cccc1.CCCCCCCC/C=C\CCCCCCC[CH-]n1cccc1.[F][Ti][F]. The van der Waals surface area contributed by atoms with Gasteiger partial charge in [0.1, 0.15) is 0 Å². The first-order valence-corrected chi connectivity index (χ1v) is 21.6. The Morgan fingerprint density at radius 3 is 0.939 bits per heavy atom. The predicted octanol–water partition coefficient (Wildman–Crippen LogP) is 15.9. The van der Waals surface area contributed by atoms with Gasteiger partial charge in [0.15, 0.2) is 0 Å². The molecule has 0 aliphatic carbocycles. The summed E-state index contributed by atoms with van der Waals surface area (Å²) in [5, 5.41) is 0. The van der Waals surface area contributed by atoms with Crippen molar-refractivity contribution < 1.29 is 26.4 Å². The molecule has 0 aliphatic rings. The summed E-state index contributed by atoms with van der Waals surface area (Å²) in [4.78, 5) is 0. The number of rotatable bonds is 32. The van der Waals surface area contributed by atoms with Crippen LogP contribution < -0.4 is 0 Å². The number of aromatic nitrogens is 2. The van der Waals surface area contributed by atoms with Crippen LogP contribution in [0.3, 0.4) is 0 Å². The van der Waals surface area contributed by atoms with E-state index in [0.29, 0.717) is 0 Å². The zero-order chi connectivity index (χ0) is 35.6. The molecule has 49 heavy (non-hydrogen) atoms. The first-order chi connectivity index (χ1) is 24.3. The van der Waals surface area contributed by atoms with Gasteiger partial charge in [0.2, 0.25) is 0 Å². The average molecular weight is 719 g/mol. The van der Waals surface area contributed by atoms with Crippen molar-refractivity contribution in [1.29, 1.82) is 0 Å². The molecule has 0 N–H and O–H groups in total. The van der Waals surface area contributed by atoms with Crippen molar-refractivity contribution >= 4 is 0 Å². The maximum absolute atomic E-state index is 9.75. The number of nitrogens with zero attached hydrogens (tertiary/aromatic N) is 2. The van der Waals surface area contributed by atoms with Gasteiger partial charge < -0.3 is 9.13 Å². The minimum atomic E-state index is -2.50. The summed E-state index contributed by atoms with van der Waals surface area (Å²) in [6.45, 7) is 9.13. The van der Waals surface area contributed by atoms with E-state index in [0.717, 1.165) is 0 Å². The number of allylic oxidation sites excluding steroid dienone is 4. The van der Waals surface area contributed by atoms with Gasteiger partial charge in [-0.1, -0.05) is 167 Å². The van der Waals surface area contributed by atoms with Crippen molar-refractivity contribution in [3.05, 3.63) is 86.4 Å². The third-order valence-corrected chi connectivity index (χ3v) is 8.87. The first-order valence-electron chi connectivity index (χ1n) is 20.5. The van der Waals surface area contributed by atoms with Gasteiger partial charge in [-0.3, -0.25) is 0 Å². The van der Waals surface area contributed by atoms with Crippen LogP contribution >= 0.6 is 0 Å². The molecule has 0 unspecified atom stereocenters. The molecule has 0 spiro atoms. The normalized spacial score (nSPS) is 10.9. The van der Waals surface area contributed by atoms with Crippen molar-refractivity contribution in [3.63, 3.8) is 0 Å². The number of unbranched alkanes of at least 4 members (excludes halogenated alkanes) is 24. The molecule has 2 rings (SSSR count). The zero-order valence-corrected chi connectivity index (χ0v) is 33.6. The molecular formula is C44H76F2N2Ti-2. The minimum absolute atomic E-state index is 1.20. The molecule has 0 aromatic carbocycles. The van der Waals surface area contributed by atoms with E-state index in [9.17, 15) is 6.18 Å². The number of halogens is 2. The van der Waals surface area contributed by atoms with Gasteiger partial charge in [0, 0.05) is 0 Å². The number of hydrogen-bond acceptors (Lipinski definition) is 0. The summed E-state index contributed by atoms with van der Waals surface area (Å²) in [6, 6.07) is 8.32. The quantitative estimate of drug-likeness (QED) is 0.0308. The monoisotopic (exact) mass is 719 g/mol. The van der Waals surface area contributed by atoms with E-state index < -0.39 is 20.2 Å². The van der Waals surface area contributed by atoms with Crippen LogP contribution in [0.1, 0.15) is 194 Å². The van der Waals surface area contributed by atoms with Gasteiger partial charge >= 0.3 is 26.4 Å². The van der Waals surface area contributed by atoms with E-state index in [1.165, 1.54) is 180 Å². The molecule has 2 aromatic heterocycles. The molecule has 2 nitrogen and oxygen atoms in total. The Kier molecular flexibility index (Phi) is 41.1. The van der Waals surface area contributed by atoms with E-state index in [1.807, 2.05) is 0 Å². The third-order valence-electron chi connectivity index (χ3n) is 8.87. The number of hydrogen-bond donors (Lipinski definition) is 0. The standard InChI is InChI=1S/2C22H38N.2FH.Ti/c2*1-2-3-4-5-6-7-8-9-10-11-12-13-14-15-16-17-20-23-21-18-19-22-23;;;/h2*9-10,18-22H,2-8,11-17H2,1H3;2*1H;/q2*-1;;;+2/p-2/b2*10-9-;;;. The van der Waals surface area contributed by atoms with E-state index in [4.69, 9.17) is 0 Å². The van der Waals surface area contributed by atoms with Crippen LogP contribution in [0, 0.1) is 13.1 Å². The second kappa shape index (κ2) is 42.5. The van der Waals surface area contributed by atoms with Crippen LogP contribution in [-0.2, 0) is 20.2 Å². The molecule has 2 aromatic rings. The van der Waals surface area contributed by atoms with Crippen LogP contribution in [0.2, 0.25) is 0 Å². The first kappa shape index (κ1) is 47.4. The van der Waals surface area contributed by atoms with E-state index in [1.54, 1.807) is 0 Å². The van der Waals surface area contributed by atoms with Crippen molar-refractivity contribution in [2.75, 3.05) is 0 Å². The summed E-state index contributed by atoms with van der Waals surface area (Å²) in [5.74, 6) is 0. The maximum atomic E-state index is 9.75. The molecule has 0 saturated heterocycles. The van der Waals surface area contributed by atoms with E-state index in [2.05, 4.69) is 109 Å². The average Bonchev–Trinajstić information content (AvgIpc) is 3.84. The molecule has 2 heterocycles. The fourth-order valence-corrected chi connectivity index (χ4v) is 5.85. The van der Waals surface area contributed by atoms with Gasteiger partial charge in [0.05, 0.1) is 0 Å². The molecule has 0 atom stereocenters. The molecule has 0 amide bonds. The zero-order valence-electron chi connectivity index (χ0n) is 32.0. The van der Waals surface area contributed by atoms with Gasteiger partial charge in [-0.05, 0) is 51.4 Å². The Morgan fingerprint density at radius 1 is 0.408 bits per heavy atom. The molecule has 282 valence electrons. The van der Waals surface area contributed by atoms with Crippen LogP contribution in [0.25, 0.3) is 0 Å². The van der Waals surface area contributed by atoms with Crippen molar-refractivity contribution in [1.82, 2.24) is 9.13 Å². The second-order valence-electron chi connectivity index (χ2n) is 13.4. The fourth-order valence-electron chi connectivity index (χ4n) is 5.85. The third kappa shape index (κ3) is 39.0. The van der Waals surface area contributed by atoms with E-state index in [-0.39, 0.29) is 0 Å². The molecule has 0 aliphatic heterocycles. The molecule has 0 bridgehead atoms. The fraction of sp³-hybridized carbons (Fsp3) is 0.682. The Morgan fingerprint density at radius 2 is 0.653 bits per heavy atom. The summed E-state index contributed by atoms with van der Waals surface area (Å²) >= 11 is -2.50. The summed E-state index contributed by atoms with van der Waals surface area (Å²) in [6.07, 6.45) is 56.2. The molecule has 0 saturated carbocycles. The summed E-state index contributed by atoms with van der Waals surface area (Å²) < 4.78 is 23.8. The van der Waals surface area contributed by atoms with Gasteiger partial charge in [-0.25, -0.2) is 0 Å². The Bertz CT molecular complexity index is 807. The van der Waals surface area contributed by atoms with Crippen molar-refractivity contribution in [3.8, 4) is 0 Å². The Balaban J connectivity index is 0.000000870. The summed E-state index contributed by atoms with van der Waals surface area (Å²) in [5.41, 5.74) is 0. The van der Waals surface area contributed by atoms with Gasteiger partial charge in [0.25, 0.3) is 0 Å². The van der Waals surface area contributed by atoms with Crippen LogP contribution in [0.5, 0.6) is 0 Å². The predicted molar refractivity (Wildman–Crippen MR) is 209 cm³/mol. The Hall–Kier alpha value is -1.65. The second-order valence-corrected chi connectivity index (χ2v) is 13.7. The van der Waals surface area contributed by atoms with Crippen LogP contribution in [0.4, 0.5) is 6.18 Å². The summed E-state index contributed by atoms with van der Waals surface area (Å²) in [7, 11) is 0. The molecular weight excluding hydrogens is 642 g/mol. The van der Waals surface area contributed by atoms with E-state index >= 15 is 0 Å². The van der Waals surface area contributed by atoms with Crippen LogP contribution in [-0.4, -0.2) is 9.13 Å². The van der Waals surface area contributed by atoms with Crippen molar-refractivity contribution in [2.45, 2.75) is 194 Å². The Labute approximate surface area is 314 Å². The molecule has 0 fully saturated rings. The van der Waals surface area contributed by atoms with Gasteiger partial charge in [-0.2, -0.15) is 0 Å². The van der Waals surface area contributed by atoms with Crippen molar-refractivity contribution in [2.24, 2.45) is 0 Å². The van der Waals surface area contributed by atoms with Gasteiger partial charge in [-0.15, -0.1) is 62.1 Å². The van der Waals surface area contributed by atoms with Crippen LogP contribution in [0.15, 0.2) is 73.4 Å². The molecule has 0 radical (unpaired) electrons.